The number of sulfone groups is 1. The Balaban J connectivity index is 0.00000529. The van der Waals surface area contributed by atoms with Crippen LogP contribution in [0.5, 0.6) is 0 Å². The van der Waals surface area contributed by atoms with Gasteiger partial charge in [-0.3, -0.25) is 4.99 Å². The van der Waals surface area contributed by atoms with Crippen LogP contribution in [0.25, 0.3) is 0 Å². The summed E-state index contributed by atoms with van der Waals surface area (Å²) in [5.41, 5.74) is 0.836. The molecule has 0 heterocycles. The SMILES string of the molecule is CCNC(=NCCCS(=O)(=O)Cc1ccccc1)NC(C)CC.I. The standard InChI is InChI=1S/C17H29N3O2S.HI/c1-4-15(3)20-17(18-5-2)19-12-9-13-23(21,22)14-16-10-7-6-8-11-16;/h6-8,10-11,15H,4-5,9,12-14H2,1-3H3,(H2,18,19,20);1H. The highest BCUT2D eigenvalue weighted by Gasteiger charge is 2.11. The van der Waals surface area contributed by atoms with Crippen molar-refractivity contribution >= 4 is 39.8 Å². The molecular weight excluding hydrogens is 437 g/mol. The molecule has 0 saturated carbocycles. The van der Waals surface area contributed by atoms with Crippen molar-refractivity contribution in [2.75, 3.05) is 18.8 Å². The highest BCUT2D eigenvalue weighted by Crippen LogP contribution is 2.07. The number of halogens is 1. The van der Waals surface area contributed by atoms with Crippen molar-refractivity contribution in [3.8, 4) is 0 Å². The molecule has 0 fully saturated rings. The second kappa shape index (κ2) is 12.5. The smallest absolute Gasteiger partial charge is 0.191 e. The van der Waals surface area contributed by atoms with E-state index in [1.807, 2.05) is 37.3 Å². The molecule has 0 aliphatic rings. The summed E-state index contributed by atoms with van der Waals surface area (Å²) in [4.78, 5) is 4.44. The van der Waals surface area contributed by atoms with Gasteiger partial charge in [0.25, 0.3) is 0 Å². The number of aliphatic imine (C=N–C) groups is 1. The maximum absolute atomic E-state index is 12.1. The monoisotopic (exact) mass is 467 g/mol. The van der Waals surface area contributed by atoms with Crippen LogP contribution in [0, 0.1) is 0 Å². The zero-order chi connectivity index (χ0) is 17.1. The van der Waals surface area contributed by atoms with Crippen molar-refractivity contribution < 1.29 is 8.42 Å². The number of hydrogen-bond acceptors (Lipinski definition) is 3. The lowest BCUT2D eigenvalue weighted by Gasteiger charge is -2.16. The second-order valence-corrected chi connectivity index (χ2v) is 7.83. The summed E-state index contributed by atoms with van der Waals surface area (Å²) in [5.74, 6) is 1.01. The van der Waals surface area contributed by atoms with Gasteiger partial charge in [0.2, 0.25) is 0 Å². The van der Waals surface area contributed by atoms with Crippen LogP contribution in [0.3, 0.4) is 0 Å². The molecule has 1 unspecified atom stereocenters. The molecule has 24 heavy (non-hydrogen) atoms. The summed E-state index contributed by atoms with van der Waals surface area (Å²) in [6.45, 7) is 7.50. The molecule has 138 valence electrons. The molecule has 0 spiro atoms. The van der Waals surface area contributed by atoms with E-state index in [-0.39, 0.29) is 35.5 Å². The molecule has 0 aliphatic heterocycles. The minimum atomic E-state index is -3.08. The molecular formula is C17H30IN3O2S. The number of guanidine groups is 1. The average Bonchev–Trinajstić information content (AvgIpc) is 2.52. The molecule has 0 saturated heterocycles. The van der Waals surface area contributed by atoms with E-state index >= 15 is 0 Å². The molecule has 0 bridgehead atoms. The lowest BCUT2D eigenvalue weighted by atomic mass is 10.2. The zero-order valence-corrected chi connectivity index (χ0v) is 17.9. The molecule has 0 radical (unpaired) electrons. The second-order valence-electron chi connectivity index (χ2n) is 5.65. The molecule has 1 atom stereocenters. The quantitative estimate of drug-likeness (QED) is 0.254. The van der Waals surface area contributed by atoms with Gasteiger partial charge in [0, 0.05) is 19.1 Å². The largest absolute Gasteiger partial charge is 0.357 e. The van der Waals surface area contributed by atoms with Crippen LogP contribution >= 0.6 is 24.0 Å². The van der Waals surface area contributed by atoms with Gasteiger partial charge in [0.15, 0.2) is 15.8 Å². The summed E-state index contributed by atoms with van der Waals surface area (Å²) in [7, 11) is -3.08. The molecule has 5 nitrogen and oxygen atoms in total. The van der Waals surface area contributed by atoms with Crippen molar-refractivity contribution in [1.82, 2.24) is 10.6 Å². The van der Waals surface area contributed by atoms with Gasteiger partial charge in [0.1, 0.15) is 0 Å². The van der Waals surface area contributed by atoms with E-state index in [2.05, 4.69) is 29.5 Å². The molecule has 0 amide bonds. The van der Waals surface area contributed by atoms with Gasteiger partial charge in [-0.2, -0.15) is 0 Å². The molecule has 0 aromatic heterocycles. The van der Waals surface area contributed by atoms with E-state index in [0.29, 0.717) is 19.0 Å². The lowest BCUT2D eigenvalue weighted by Crippen LogP contribution is -2.42. The summed E-state index contributed by atoms with van der Waals surface area (Å²) in [6.07, 6.45) is 1.54. The van der Waals surface area contributed by atoms with Crippen molar-refractivity contribution in [2.45, 2.75) is 45.4 Å². The summed E-state index contributed by atoms with van der Waals surface area (Å²) in [5, 5.41) is 6.47. The molecule has 1 aromatic carbocycles. The average molecular weight is 467 g/mol. The molecule has 1 aromatic rings. The van der Waals surface area contributed by atoms with Gasteiger partial charge in [0.05, 0.1) is 11.5 Å². The van der Waals surface area contributed by atoms with Gasteiger partial charge in [-0.05, 0) is 32.3 Å². The van der Waals surface area contributed by atoms with E-state index in [1.165, 1.54) is 0 Å². The van der Waals surface area contributed by atoms with Crippen LogP contribution in [0.15, 0.2) is 35.3 Å². The van der Waals surface area contributed by atoms with E-state index in [0.717, 1.165) is 24.5 Å². The maximum atomic E-state index is 12.1. The highest BCUT2D eigenvalue weighted by atomic mass is 127. The molecule has 2 N–H and O–H groups in total. The normalized spacial score (nSPS) is 13.0. The Bertz CT molecular complexity index is 577. The van der Waals surface area contributed by atoms with Crippen LogP contribution < -0.4 is 10.6 Å². The van der Waals surface area contributed by atoms with Crippen molar-refractivity contribution in [2.24, 2.45) is 4.99 Å². The van der Waals surface area contributed by atoms with Gasteiger partial charge in [-0.15, -0.1) is 24.0 Å². The fourth-order valence-corrected chi connectivity index (χ4v) is 3.44. The topological polar surface area (TPSA) is 70.6 Å². The number of hydrogen-bond donors (Lipinski definition) is 2. The van der Waals surface area contributed by atoms with E-state index in [9.17, 15) is 8.42 Å². The molecule has 1 rings (SSSR count). The van der Waals surface area contributed by atoms with Gasteiger partial charge in [-0.25, -0.2) is 8.42 Å². The fourth-order valence-electron chi connectivity index (χ4n) is 2.03. The first-order valence-corrected chi connectivity index (χ1v) is 10.1. The van der Waals surface area contributed by atoms with Crippen molar-refractivity contribution in [3.05, 3.63) is 35.9 Å². The third-order valence-corrected chi connectivity index (χ3v) is 5.14. The zero-order valence-electron chi connectivity index (χ0n) is 14.8. The predicted molar refractivity (Wildman–Crippen MR) is 113 cm³/mol. The summed E-state index contributed by atoms with van der Waals surface area (Å²) in [6, 6.07) is 9.63. The van der Waals surface area contributed by atoms with Gasteiger partial charge in [-0.1, -0.05) is 37.3 Å². The van der Waals surface area contributed by atoms with Crippen LogP contribution in [0.2, 0.25) is 0 Å². The van der Waals surface area contributed by atoms with Crippen LogP contribution in [0.1, 0.15) is 39.2 Å². The van der Waals surface area contributed by atoms with Crippen LogP contribution in [0.4, 0.5) is 0 Å². The first kappa shape index (κ1) is 23.2. The highest BCUT2D eigenvalue weighted by molar-refractivity contribution is 14.0. The Labute approximate surface area is 163 Å². The minimum absolute atomic E-state index is 0. The first-order valence-electron chi connectivity index (χ1n) is 8.26. The molecule has 7 heteroatoms. The number of nitrogens with one attached hydrogen (secondary N) is 2. The Morgan fingerprint density at radius 2 is 1.88 bits per heavy atom. The fraction of sp³-hybridized carbons (Fsp3) is 0.588. The van der Waals surface area contributed by atoms with Crippen molar-refractivity contribution in [1.29, 1.82) is 0 Å². The summed E-state index contributed by atoms with van der Waals surface area (Å²) >= 11 is 0. The van der Waals surface area contributed by atoms with Gasteiger partial charge < -0.3 is 10.6 Å². The van der Waals surface area contributed by atoms with E-state index in [1.54, 1.807) is 0 Å². The number of benzene rings is 1. The Morgan fingerprint density at radius 3 is 2.46 bits per heavy atom. The summed E-state index contributed by atoms with van der Waals surface area (Å²) < 4.78 is 24.2. The third-order valence-electron chi connectivity index (χ3n) is 3.45. The van der Waals surface area contributed by atoms with Crippen molar-refractivity contribution in [3.63, 3.8) is 0 Å². The van der Waals surface area contributed by atoms with Gasteiger partial charge >= 0.3 is 0 Å². The Hall–Kier alpha value is -0.830. The first-order chi connectivity index (χ1) is 11.0. The Morgan fingerprint density at radius 1 is 1.21 bits per heavy atom. The Kier molecular flexibility index (Phi) is 12.1. The minimum Gasteiger partial charge on any atom is -0.357 e. The molecule has 0 aliphatic carbocycles. The predicted octanol–water partition coefficient (Wildman–Crippen LogP) is 2.96. The number of rotatable bonds is 9. The lowest BCUT2D eigenvalue weighted by molar-refractivity contribution is 0.592. The third kappa shape index (κ3) is 10.1. The van der Waals surface area contributed by atoms with Crippen LogP contribution in [-0.2, 0) is 15.6 Å². The van der Waals surface area contributed by atoms with E-state index in [4.69, 9.17) is 0 Å². The van der Waals surface area contributed by atoms with Crippen LogP contribution in [-0.4, -0.2) is 39.3 Å². The maximum Gasteiger partial charge on any atom is 0.191 e. The number of nitrogens with zero attached hydrogens (tertiary/aromatic N) is 1. The van der Waals surface area contributed by atoms with E-state index < -0.39 is 9.84 Å².